The number of halogens is 2. The van der Waals surface area contributed by atoms with Gasteiger partial charge in [0, 0.05) is 48.2 Å². The highest BCUT2D eigenvalue weighted by atomic mass is 35.5. The number of ether oxygens (including phenoxy) is 5. The molecular weight excluding hydrogens is 593 g/mol. The standard InChI is InChI=1S/C31H35Cl2N5O5/c1-39-25-16-26(40-2)31(33)29(30(25)32)23-15-24-21(18-34-23)22(36-38(24)27-7-3-5-12-41-27)10-9-20-17-35-37(19-20)11-14-43-28-8-4-6-13-42-28/h9-10,15-19,27-28H,3-8,11-14H2,1-2H3. The lowest BCUT2D eigenvalue weighted by Gasteiger charge is -2.23. The topological polar surface area (TPSA) is 94.7 Å². The molecule has 0 amide bonds. The third-order valence-electron chi connectivity index (χ3n) is 7.73. The van der Waals surface area contributed by atoms with E-state index in [1.54, 1.807) is 26.5 Å². The Morgan fingerprint density at radius 3 is 2.42 bits per heavy atom. The molecule has 2 saturated heterocycles. The Balaban J connectivity index is 1.29. The molecule has 2 aliphatic rings. The lowest BCUT2D eigenvalue weighted by molar-refractivity contribution is -0.163. The number of methoxy groups -OCH3 is 2. The van der Waals surface area contributed by atoms with Crippen molar-refractivity contribution in [3.05, 3.63) is 52.0 Å². The lowest BCUT2D eigenvalue weighted by Crippen LogP contribution is -2.24. The van der Waals surface area contributed by atoms with E-state index in [9.17, 15) is 0 Å². The van der Waals surface area contributed by atoms with Crippen LogP contribution < -0.4 is 9.47 Å². The second kappa shape index (κ2) is 13.7. The zero-order valence-electron chi connectivity index (χ0n) is 24.3. The molecule has 2 atom stereocenters. The van der Waals surface area contributed by atoms with Crippen LogP contribution in [0.3, 0.4) is 0 Å². The van der Waals surface area contributed by atoms with Gasteiger partial charge in [-0.1, -0.05) is 23.2 Å². The van der Waals surface area contributed by atoms with E-state index in [0.29, 0.717) is 52.6 Å². The van der Waals surface area contributed by atoms with Gasteiger partial charge in [0.05, 0.1) is 60.5 Å². The summed E-state index contributed by atoms with van der Waals surface area (Å²) in [7, 11) is 3.10. The maximum atomic E-state index is 6.73. The van der Waals surface area contributed by atoms with E-state index in [1.807, 2.05) is 40.0 Å². The molecule has 2 unspecified atom stereocenters. The number of fused-ring (bicyclic) bond motifs is 1. The van der Waals surface area contributed by atoms with Crippen molar-refractivity contribution in [2.45, 2.75) is 57.6 Å². The quantitative estimate of drug-likeness (QED) is 0.185. The minimum Gasteiger partial charge on any atom is -0.495 e. The molecular formula is C31H35Cl2N5O5. The average Bonchev–Trinajstić information content (AvgIpc) is 3.65. The summed E-state index contributed by atoms with van der Waals surface area (Å²) in [5.41, 5.74) is 3.70. The third-order valence-corrected chi connectivity index (χ3v) is 8.48. The van der Waals surface area contributed by atoms with Crippen LogP contribution in [0, 0.1) is 0 Å². The second-order valence-electron chi connectivity index (χ2n) is 10.6. The molecule has 0 N–H and O–H groups in total. The van der Waals surface area contributed by atoms with E-state index >= 15 is 0 Å². The van der Waals surface area contributed by atoms with Crippen LogP contribution in [0.25, 0.3) is 34.3 Å². The van der Waals surface area contributed by atoms with Crippen molar-refractivity contribution in [1.29, 1.82) is 0 Å². The van der Waals surface area contributed by atoms with E-state index in [-0.39, 0.29) is 12.5 Å². The maximum Gasteiger partial charge on any atom is 0.157 e. The highest BCUT2D eigenvalue weighted by Gasteiger charge is 2.24. The first-order chi connectivity index (χ1) is 21.1. The summed E-state index contributed by atoms with van der Waals surface area (Å²) < 4.78 is 32.4. The van der Waals surface area contributed by atoms with Gasteiger partial charge in [0.1, 0.15) is 11.5 Å². The molecule has 5 heterocycles. The Morgan fingerprint density at radius 2 is 1.72 bits per heavy atom. The predicted octanol–water partition coefficient (Wildman–Crippen LogP) is 7.03. The minimum atomic E-state index is -0.185. The van der Waals surface area contributed by atoms with Crippen LogP contribution in [0.4, 0.5) is 0 Å². The zero-order chi connectivity index (χ0) is 29.8. The average molecular weight is 629 g/mol. The van der Waals surface area contributed by atoms with E-state index in [2.05, 4.69) is 5.10 Å². The number of rotatable bonds is 10. The summed E-state index contributed by atoms with van der Waals surface area (Å²) in [5.74, 6) is 0.893. The first-order valence-electron chi connectivity index (χ1n) is 14.6. The van der Waals surface area contributed by atoms with Crippen LogP contribution in [-0.4, -0.2) is 64.9 Å². The normalized spacial score (nSPS) is 19.3. The van der Waals surface area contributed by atoms with Gasteiger partial charge in [-0.2, -0.15) is 10.2 Å². The maximum absolute atomic E-state index is 6.73. The summed E-state index contributed by atoms with van der Waals surface area (Å²) in [6.07, 6.45) is 15.5. The molecule has 3 aromatic heterocycles. The fourth-order valence-electron chi connectivity index (χ4n) is 5.45. The molecule has 1 aromatic carbocycles. The van der Waals surface area contributed by atoms with Crippen LogP contribution in [0.5, 0.6) is 11.5 Å². The number of pyridine rings is 1. The van der Waals surface area contributed by atoms with Crippen molar-refractivity contribution < 1.29 is 23.7 Å². The first kappa shape index (κ1) is 29.9. The molecule has 0 bridgehead atoms. The number of hydrogen-bond acceptors (Lipinski definition) is 8. The second-order valence-corrected chi connectivity index (χ2v) is 11.3. The molecule has 0 saturated carbocycles. The largest absolute Gasteiger partial charge is 0.495 e. The summed E-state index contributed by atoms with van der Waals surface area (Å²) in [4.78, 5) is 4.75. The zero-order valence-corrected chi connectivity index (χ0v) is 25.8. The number of nitrogens with zero attached hydrogens (tertiary/aromatic N) is 5. The van der Waals surface area contributed by atoms with Crippen molar-refractivity contribution in [3.8, 4) is 22.8 Å². The lowest BCUT2D eigenvalue weighted by atomic mass is 10.1. The van der Waals surface area contributed by atoms with Gasteiger partial charge in [-0.15, -0.1) is 0 Å². The van der Waals surface area contributed by atoms with E-state index in [0.717, 1.165) is 67.3 Å². The van der Waals surface area contributed by atoms with Crippen LogP contribution in [0.2, 0.25) is 10.0 Å². The number of benzene rings is 1. The molecule has 43 heavy (non-hydrogen) atoms. The molecule has 2 fully saturated rings. The Kier molecular flexibility index (Phi) is 9.49. The van der Waals surface area contributed by atoms with Crippen LogP contribution in [0.15, 0.2) is 30.7 Å². The highest BCUT2D eigenvalue weighted by Crippen LogP contribution is 2.46. The van der Waals surface area contributed by atoms with Crippen LogP contribution >= 0.6 is 23.2 Å². The highest BCUT2D eigenvalue weighted by molar-refractivity contribution is 6.41. The van der Waals surface area contributed by atoms with Crippen molar-refractivity contribution >= 4 is 46.3 Å². The van der Waals surface area contributed by atoms with Gasteiger partial charge in [0.15, 0.2) is 12.5 Å². The van der Waals surface area contributed by atoms with E-state index in [4.69, 9.17) is 57.0 Å². The van der Waals surface area contributed by atoms with Crippen LogP contribution in [0.1, 0.15) is 56.0 Å². The molecule has 0 spiro atoms. The summed E-state index contributed by atoms with van der Waals surface area (Å²) in [6.45, 7) is 2.66. The van der Waals surface area contributed by atoms with Crippen molar-refractivity contribution in [2.24, 2.45) is 0 Å². The Labute approximate surface area is 260 Å². The van der Waals surface area contributed by atoms with E-state index in [1.165, 1.54) is 0 Å². The Hall–Kier alpha value is -3.15. The molecule has 0 aliphatic carbocycles. The molecule has 10 nitrogen and oxygen atoms in total. The van der Waals surface area contributed by atoms with Gasteiger partial charge in [0.25, 0.3) is 0 Å². The summed E-state index contributed by atoms with van der Waals surface area (Å²) in [6, 6.07) is 3.60. The van der Waals surface area contributed by atoms with Gasteiger partial charge in [-0.05, 0) is 56.7 Å². The van der Waals surface area contributed by atoms with Gasteiger partial charge in [-0.25, -0.2) is 4.68 Å². The van der Waals surface area contributed by atoms with Crippen molar-refractivity contribution in [2.75, 3.05) is 34.0 Å². The van der Waals surface area contributed by atoms with Crippen LogP contribution in [-0.2, 0) is 20.8 Å². The molecule has 228 valence electrons. The Morgan fingerprint density at radius 1 is 0.953 bits per heavy atom. The fourth-order valence-corrected chi connectivity index (χ4v) is 6.14. The number of hydrogen-bond donors (Lipinski definition) is 0. The van der Waals surface area contributed by atoms with E-state index < -0.39 is 0 Å². The SMILES string of the molecule is COc1cc(OC)c(Cl)c(-c2cc3c(cn2)c(C=Cc2cnn(CCOC4CCCCO4)c2)nn3C2CCCCO2)c1Cl. The molecule has 2 aliphatic heterocycles. The first-order valence-corrected chi connectivity index (χ1v) is 15.3. The molecule has 4 aromatic rings. The summed E-state index contributed by atoms with van der Waals surface area (Å²) >= 11 is 13.5. The smallest absolute Gasteiger partial charge is 0.157 e. The van der Waals surface area contributed by atoms with Gasteiger partial charge in [0.2, 0.25) is 0 Å². The minimum absolute atomic E-state index is 0.104. The molecule has 6 rings (SSSR count). The predicted molar refractivity (Wildman–Crippen MR) is 166 cm³/mol. The fraction of sp³-hybridized carbons (Fsp3) is 0.452. The summed E-state index contributed by atoms with van der Waals surface area (Å²) in [5, 5.41) is 11.0. The van der Waals surface area contributed by atoms with Crippen molar-refractivity contribution in [1.82, 2.24) is 24.5 Å². The van der Waals surface area contributed by atoms with Gasteiger partial charge in [-0.3, -0.25) is 9.67 Å². The molecule has 0 radical (unpaired) electrons. The monoisotopic (exact) mass is 627 g/mol. The third kappa shape index (κ3) is 6.53. The molecule has 12 heteroatoms. The van der Waals surface area contributed by atoms with Gasteiger partial charge < -0.3 is 23.7 Å². The van der Waals surface area contributed by atoms with Crippen molar-refractivity contribution in [3.63, 3.8) is 0 Å². The number of aromatic nitrogens is 5. The Bertz CT molecular complexity index is 1560. The van der Waals surface area contributed by atoms with Gasteiger partial charge >= 0.3 is 0 Å².